The number of anilines is 2. The van der Waals surface area contributed by atoms with E-state index in [1.54, 1.807) is 47.0 Å². The first kappa shape index (κ1) is 23.6. The topological polar surface area (TPSA) is 87.7 Å². The average Bonchev–Trinajstić information content (AvgIpc) is 3.36. The number of ether oxygens (including phenoxy) is 1. The Kier molecular flexibility index (Phi) is 7.46. The van der Waals surface area contributed by atoms with Crippen molar-refractivity contribution in [2.45, 2.75) is 18.4 Å². The zero-order valence-corrected chi connectivity index (χ0v) is 21.0. The molecule has 0 aliphatic carbocycles. The molecule has 3 amide bonds. The number of amides is 3. The smallest absolute Gasteiger partial charge is 0.262 e. The number of carbonyl (C=O) groups excluding carboxylic acids is 3. The Bertz CT molecular complexity index is 1040. The lowest BCUT2D eigenvalue weighted by Crippen LogP contribution is -2.57. The van der Waals surface area contributed by atoms with Crippen molar-refractivity contribution in [3.8, 4) is 0 Å². The molecule has 1 atom stereocenters. The molecule has 2 N–H and O–H groups in total. The van der Waals surface area contributed by atoms with Crippen LogP contribution in [0.1, 0.15) is 22.5 Å². The minimum atomic E-state index is -0.999. The van der Waals surface area contributed by atoms with Crippen molar-refractivity contribution < 1.29 is 19.1 Å². The van der Waals surface area contributed by atoms with Crippen LogP contribution in [0.5, 0.6) is 0 Å². The second-order valence-electron chi connectivity index (χ2n) is 7.47. The van der Waals surface area contributed by atoms with E-state index in [1.165, 1.54) is 11.3 Å². The van der Waals surface area contributed by atoms with Gasteiger partial charge in [-0.1, -0.05) is 11.6 Å². The van der Waals surface area contributed by atoms with Crippen molar-refractivity contribution in [3.63, 3.8) is 0 Å². The van der Waals surface area contributed by atoms with Gasteiger partial charge >= 0.3 is 0 Å². The number of nitrogens with zero attached hydrogens (tertiary/aromatic N) is 1. The fraction of sp³-hybridized carbons (Fsp3) is 0.381. The van der Waals surface area contributed by atoms with Crippen LogP contribution in [0.25, 0.3) is 0 Å². The van der Waals surface area contributed by atoms with Crippen molar-refractivity contribution in [3.05, 3.63) is 44.0 Å². The van der Waals surface area contributed by atoms with Crippen LogP contribution in [0, 0.1) is 0 Å². The number of thiophene rings is 1. The van der Waals surface area contributed by atoms with E-state index < -0.39 is 5.54 Å². The SMILES string of the molecule is O=C(NC1(C(=O)Nc2ccc(N3CCOCCC3=O)c(Cl)c2)CCSC1)c1ccc(Br)s1. The van der Waals surface area contributed by atoms with Crippen molar-refractivity contribution in [1.29, 1.82) is 0 Å². The maximum atomic E-state index is 13.2. The molecule has 11 heteroatoms. The van der Waals surface area contributed by atoms with Crippen LogP contribution in [0.15, 0.2) is 34.1 Å². The van der Waals surface area contributed by atoms with Gasteiger partial charge in [0, 0.05) is 18.0 Å². The molecule has 2 aliphatic heterocycles. The molecule has 7 nitrogen and oxygen atoms in total. The molecule has 0 spiro atoms. The van der Waals surface area contributed by atoms with Crippen molar-refractivity contribution in [2.75, 3.05) is 41.5 Å². The van der Waals surface area contributed by atoms with E-state index in [0.717, 1.165) is 9.54 Å². The summed E-state index contributed by atoms with van der Waals surface area (Å²) in [5.41, 5.74) is 0.0936. The van der Waals surface area contributed by atoms with Crippen molar-refractivity contribution in [2.24, 2.45) is 0 Å². The van der Waals surface area contributed by atoms with Gasteiger partial charge in [-0.15, -0.1) is 11.3 Å². The van der Waals surface area contributed by atoms with Gasteiger partial charge in [0.05, 0.1) is 39.0 Å². The maximum absolute atomic E-state index is 13.2. The molecule has 2 aromatic rings. The van der Waals surface area contributed by atoms with Gasteiger partial charge in [-0.2, -0.15) is 11.8 Å². The number of hydrogen-bond donors (Lipinski definition) is 2. The first-order valence-corrected chi connectivity index (χ1v) is 13.2. The van der Waals surface area contributed by atoms with Gasteiger partial charge in [0.15, 0.2) is 0 Å². The second kappa shape index (κ2) is 10.1. The van der Waals surface area contributed by atoms with Gasteiger partial charge in [-0.3, -0.25) is 14.4 Å². The van der Waals surface area contributed by atoms with Crippen LogP contribution in [0.2, 0.25) is 5.02 Å². The van der Waals surface area contributed by atoms with E-state index in [4.69, 9.17) is 16.3 Å². The van der Waals surface area contributed by atoms with Gasteiger partial charge in [0.25, 0.3) is 11.8 Å². The van der Waals surface area contributed by atoms with Gasteiger partial charge in [-0.05, 0) is 58.4 Å². The van der Waals surface area contributed by atoms with E-state index >= 15 is 0 Å². The molecule has 170 valence electrons. The number of hydrogen-bond acceptors (Lipinski definition) is 6. The van der Waals surface area contributed by atoms with E-state index in [0.29, 0.717) is 59.6 Å². The molecule has 4 rings (SSSR count). The minimum absolute atomic E-state index is 0.0500. The maximum Gasteiger partial charge on any atom is 0.262 e. The molecule has 1 aromatic carbocycles. The first-order valence-electron chi connectivity index (χ1n) is 10.0. The fourth-order valence-electron chi connectivity index (χ4n) is 3.60. The van der Waals surface area contributed by atoms with Crippen LogP contribution in [0.4, 0.5) is 11.4 Å². The highest BCUT2D eigenvalue weighted by Gasteiger charge is 2.43. The standard InChI is InChI=1S/C21H21BrClN3O4S2/c22-17-4-3-16(32-17)19(28)25-21(6-10-31-12-21)20(29)24-13-1-2-15(14(23)11-13)26-7-9-30-8-5-18(26)27/h1-4,11H,5-10,12H2,(H,24,29)(H,25,28). The highest BCUT2D eigenvalue weighted by Crippen LogP contribution is 2.33. The third-order valence-electron chi connectivity index (χ3n) is 5.32. The predicted octanol–water partition coefficient (Wildman–Crippen LogP) is 4.16. The zero-order valence-electron chi connectivity index (χ0n) is 17.0. The summed E-state index contributed by atoms with van der Waals surface area (Å²) in [4.78, 5) is 40.5. The summed E-state index contributed by atoms with van der Waals surface area (Å²) in [5, 5.41) is 6.21. The van der Waals surface area contributed by atoms with Gasteiger partial charge in [0.2, 0.25) is 5.91 Å². The average molecular weight is 559 g/mol. The number of benzene rings is 1. The Morgan fingerprint density at radius 1 is 1.22 bits per heavy atom. The lowest BCUT2D eigenvalue weighted by atomic mass is 9.97. The largest absolute Gasteiger partial charge is 0.379 e. The zero-order chi connectivity index (χ0) is 22.7. The van der Waals surface area contributed by atoms with Crippen LogP contribution in [-0.2, 0) is 14.3 Å². The molecule has 1 aromatic heterocycles. The summed E-state index contributed by atoms with van der Waals surface area (Å²) in [7, 11) is 0. The third kappa shape index (κ3) is 5.14. The van der Waals surface area contributed by atoms with E-state index in [-0.39, 0.29) is 17.7 Å². The highest BCUT2D eigenvalue weighted by molar-refractivity contribution is 9.11. The van der Waals surface area contributed by atoms with Gasteiger partial charge in [0.1, 0.15) is 5.54 Å². The molecule has 32 heavy (non-hydrogen) atoms. The molecule has 0 bridgehead atoms. The summed E-state index contributed by atoms with van der Waals surface area (Å²) >= 11 is 12.8. The molecule has 2 saturated heterocycles. The minimum Gasteiger partial charge on any atom is -0.379 e. The Morgan fingerprint density at radius 2 is 2.06 bits per heavy atom. The molecular weight excluding hydrogens is 538 g/mol. The van der Waals surface area contributed by atoms with Crippen LogP contribution >= 0.6 is 50.6 Å². The second-order valence-corrected chi connectivity index (χ2v) is 11.4. The molecule has 0 saturated carbocycles. The molecule has 0 radical (unpaired) electrons. The predicted molar refractivity (Wildman–Crippen MR) is 132 cm³/mol. The Labute approximate surface area is 207 Å². The lowest BCUT2D eigenvalue weighted by Gasteiger charge is -2.28. The lowest BCUT2D eigenvalue weighted by molar-refractivity contribution is -0.121. The summed E-state index contributed by atoms with van der Waals surface area (Å²) in [6.07, 6.45) is 0.839. The normalized spacial score (nSPS) is 21.3. The Balaban J connectivity index is 1.49. The summed E-state index contributed by atoms with van der Waals surface area (Å²) < 4.78 is 6.22. The van der Waals surface area contributed by atoms with E-state index in [9.17, 15) is 14.4 Å². The van der Waals surface area contributed by atoms with Crippen LogP contribution in [-0.4, -0.2) is 54.5 Å². The van der Waals surface area contributed by atoms with Gasteiger partial charge < -0.3 is 20.3 Å². The number of halogens is 2. The summed E-state index contributed by atoms with van der Waals surface area (Å²) in [6, 6.07) is 8.60. The van der Waals surface area contributed by atoms with Gasteiger partial charge in [-0.25, -0.2) is 0 Å². The number of carbonyl (C=O) groups is 3. The van der Waals surface area contributed by atoms with E-state index in [1.807, 2.05) is 0 Å². The van der Waals surface area contributed by atoms with Crippen LogP contribution < -0.4 is 15.5 Å². The molecule has 2 aliphatic rings. The quantitative estimate of drug-likeness (QED) is 0.575. The number of rotatable bonds is 5. The molecule has 2 fully saturated rings. The highest BCUT2D eigenvalue weighted by atomic mass is 79.9. The van der Waals surface area contributed by atoms with Crippen molar-refractivity contribution >= 4 is 79.7 Å². The Hall–Kier alpha value is -1.59. The van der Waals surface area contributed by atoms with E-state index in [2.05, 4.69) is 26.6 Å². The monoisotopic (exact) mass is 557 g/mol. The summed E-state index contributed by atoms with van der Waals surface area (Å²) in [5.74, 6) is 0.667. The summed E-state index contributed by atoms with van der Waals surface area (Å²) in [6.45, 7) is 1.27. The molecule has 3 heterocycles. The third-order valence-corrected chi connectivity index (χ3v) is 8.44. The fourth-order valence-corrected chi connectivity index (χ4v) is 6.50. The van der Waals surface area contributed by atoms with Crippen molar-refractivity contribution in [1.82, 2.24) is 5.32 Å². The molecule has 1 unspecified atom stereocenters. The number of thioether (sulfide) groups is 1. The number of nitrogens with one attached hydrogen (secondary N) is 2. The Morgan fingerprint density at radius 3 is 2.75 bits per heavy atom. The van der Waals surface area contributed by atoms with Crippen LogP contribution in [0.3, 0.4) is 0 Å². The molecular formula is C21H21BrClN3O4S2. The first-order chi connectivity index (χ1) is 15.4.